The first-order chi connectivity index (χ1) is 11.2. The zero-order chi connectivity index (χ0) is 16.1. The van der Waals surface area contributed by atoms with E-state index in [0.29, 0.717) is 6.04 Å². The standard InChI is InChI=1S/C18H26N4S/c1-15-20-12-18(23-15)14-22-10-5-7-17(8-11-22)21(2)13-16-6-3-4-9-19-16/h3-4,6,9,12,17H,5,7-8,10-11,13-14H2,1-2H3/t17-/m1/s1. The maximum absolute atomic E-state index is 4.45. The Morgan fingerprint density at radius 1 is 1.26 bits per heavy atom. The zero-order valence-electron chi connectivity index (χ0n) is 14.1. The molecule has 23 heavy (non-hydrogen) atoms. The summed E-state index contributed by atoms with van der Waals surface area (Å²) >= 11 is 1.83. The minimum absolute atomic E-state index is 0.658. The second-order valence-electron chi connectivity index (χ2n) is 6.44. The number of hydrogen-bond donors (Lipinski definition) is 0. The van der Waals surface area contributed by atoms with Gasteiger partial charge in [0.25, 0.3) is 0 Å². The number of nitrogens with zero attached hydrogens (tertiary/aromatic N) is 4. The molecule has 4 nitrogen and oxygen atoms in total. The van der Waals surface area contributed by atoms with Gasteiger partial charge in [0.1, 0.15) is 0 Å². The van der Waals surface area contributed by atoms with Crippen LogP contribution in [-0.4, -0.2) is 45.9 Å². The maximum atomic E-state index is 4.45. The van der Waals surface area contributed by atoms with Gasteiger partial charge in [0, 0.05) is 42.9 Å². The first-order valence-corrected chi connectivity index (χ1v) is 9.26. The summed E-state index contributed by atoms with van der Waals surface area (Å²) in [5.41, 5.74) is 1.16. The molecule has 0 bridgehead atoms. The van der Waals surface area contributed by atoms with E-state index in [1.165, 1.54) is 42.2 Å². The van der Waals surface area contributed by atoms with Crippen molar-refractivity contribution in [2.75, 3.05) is 20.1 Å². The minimum atomic E-state index is 0.658. The third-order valence-electron chi connectivity index (χ3n) is 4.60. The van der Waals surface area contributed by atoms with Crippen LogP contribution in [0.5, 0.6) is 0 Å². The lowest BCUT2D eigenvalue weighted by molar-refractivity contribution is 0.204. The average Bonchev–Trinajstić information content (AvgIpc) is 2.82. The number of aromatic nitrogens is 2. The summed E-state index contributed by atoms with van der Waals surface area (Å²) < 4.78 is 0. The molecule has 1 atom stereocenters. The summed E-state index contributed by atoms with van der Waals surface area (Å²) in [6.45, 7) is 6.46. The summed E-state index contributed by atoms with van der Waals surface area (Å²) in [6.07, 6.45) is 7.71. The van der Waals surface area contributed by atoms with Crippen molar-refractivity contribution in [2.24, 2.45) is 0 Å². The second kappa shape index (κ2) is 7.99. The van der Waals surface area contributed by atoms with Crippen LogP contribution < -0.4 is 0 Å². The van der Waals surface area contributed by atoms with Crippen molar-refractivity contribution in [3.05, 3.63) is 46.2 Å². The van der Waals surface area contributed by atoms with Crippen molar-refractivity contribution in [3.8, 4) is 0 Å². The molecular formula is C18H26N4S. The molecule has 2 aromatic rings. The van der Waals surface area contributed by atoms with Crippen LogP contribution in [0.2, 0.25) is 0 Å². The predicted molar refractivity (Wildman–Crippen MR) is 95.5 cm³/mol. The summed E-state index contributed by atoms with van der Waals surface area (Å²) in [6, 6.07) is 6.83. The van der Waals surface area contributed by atoms with Crippen LogP contribution >= 0.6 is 11.3 Å². The quantitative estimate of drug-likeness (QED) is 0.842. The second-order valence-corrected chi connectivity index (χ2v) is 7.76. The van der Waals surface area contributed by atoms with E-state index in [0.717, 1.165) is 18.8 Å². The molecule has 0 aromatic carbocycles. The molecule has 1 saturated heterocycles. The Bertz CT molecular complexity index is 598. The molecule has 0 radical (unpaired) electrons. The number of likely N-dealkylation sites (tertiary alicyclic amines) is 1. The van der Waals surface area contributed by atoms with E-state index in [9.17, 15) is 0 Å². The van der Waals surface area contributed by atoms with Gasteiger partial charge in [0.2, 0.25) is 0 Å². The van der Waals surface area contributed by atoms with Gasteiger partial charge in [0.15, 0.2) is 0 Å². The van der Waals surface area contributed by atoms with E-state index in [1.807, 2.05) is 29.8 Å². The largest absolute Gasteiger partial charge is 0.298 e. The Kier molecular flexibility index (Phi) is 5.75. The fourth-order valence-corrected chi connectivity index (χ4v) is 4.15. The van der Waals surface area contributed by atoms with Gasteiger partial charge in [-0.1, -0.05) is 6.07 Å². The first-order valence-electron chi connectivity index (χ1n) is 8.44. The van der Waals surface area contributed by atoms with Gasteiger partial charge in [-0.3, -0.25) is 14.8 Å². The molecule has 124 valence electrons. The van der Waals surface area contributed by atoms with E-state index in [4.69, 9.17) is 0 Å². The molecule has 3 heterocycles. The lowest BCUT2D eigenvalue weighted by Crippen LogP contribution is -2.32. The molecule has 3 rings (SSSR count). The molecular weight excluding hydrogens is 304 g/mol. The number of aryl methyl sites for hydroxylation is 1. The van der Waals surface area contributed by atoms with Crippen molar-refractivity contribution in [3.63, 3.8) is 0 Å². The van der Waals surface area contributed by atoms with E-state index >= 15 is 0 Å². The molecule has 2 aromatic heterocycles. The van der Waals surface area contributed by atoms with Gasteiger partial charge in [-0.25, -0.2) is 4.98 Å². The average molecular weight is 331 g/mol. The van der Waals surface area contributed by atoms with Gasteiger partial charge < -0.3 is 0 Å². The van der Waals surface area contributed by atoms with E-state index in [1.54, 1.807) is 0 Å². The van der Waals surface area contributed by atoms with Gasteiger partial charge in [-0.2, -0.15) is 0 Å². The molecule has 1 aliphatic rings. The predicted octanol–water partition coefficient (Wildman–Crippen LogP) is 3.33. The Hall–Kier alpha value is -1.30. The highest BCUT2D eigenvalue weighted by atomic mass is 32.1. The molecule has 5 heteroatoms. The smallest absolute Gasteiger partial charge is 0.0897 e. The summed E-state index contributed by atoms with van der Waals surface area (Å²) in [4.78, 5) is 15.3. The Labute approximate surface area is 143 Å². The lowest BCUT2D eigenvalue weighted by atomic mass is 10.1. The fourth-order valence-electron chi connectivity index (χ4n) is 3.31. The van der Waals surface area contributed by atoms with Crippen LogP contribution in [0.4, 0.5) is 0 Å². The van der Waals surface area contributed by atoms with Gasteiger partial charge >= 0.3 is 0 Å². The SMILES string of the molecule is Cc1ncc(CN2CCC[C@@H](N(C)Cc3ccccn3)CC2)s1. The van der Waals surface area contributed by atoms with Crippen molar-refractivity contribution in [2.45, 2.75) is 45.3 Å². The first kappa shape index (κ1) is 16.6. The molecule has 0 saturated carbocycles. The molecule has 1 fully saturated rings. The third-order valence-corrected chi connectivity index (χ3v) is 5.50. The van der Waals surface area contributed by atoms with E-state index < -0.39 is 0 Å². The van der Waals surface area contributed by atoms with Gasteiger partial charge in [0.05, 0.1) is 10.7 Å². The van der Waals surface area contributed by atoms with Crippen molar-refractivity contribution in [1.82, 2.24) is 19.8 Å². The van der Waals surface area contributed by atoms with Crippen LogP contribution in [0.1, 0.15) is 34.8 Å². The van der Waals surface area contributed by atoms with Crippen LogP contribution in [0.3, 0.4) is 0 Å². The highest BCUT2D eigenvalue weighted by Crippen LogP contribution is 2.20. The van der Waals surface area contributed by atoms with Crippen LogP contribution in [0.15, 0.2) is 30.6 Å². The summed E-state index contributed by atoms with van der Waals surface area (Å²) in [5.74, 6) is 0. The fraction of sp³-hybridized carbons (Fsp3) is 0.556. The van der Waals surface area contributed by atoms with Crippen molar-refractivity contribution < 1.29 is 0 Å². The molecule has 0 aliphatic carbocycles. The van der Waals surface area contributed by atoms with Gasteiger partial charge in [-0.05, 0) is 51.9 Å². The molecule has 0 unspecified atom stereocenters. The maximum Gasteiger partial charge on any atom is 0.0897 e. The monoisotopic (exact) mass is 330 g/mol. The zero-order valence-corrected chi connectivity index (χ0v) is 14.9. The molecule has 0 spiro atoms. The van der Waals surface area contributed by atoms with Crippen LogP contribution in [0, 0.1) is 6.92 Å². The number of thiazole rings is 1. The number of hydrogen-bond acceptors (Lipinski definition) is 5. The van der Waals surface area contributed by atoms with Crippen molar-refractivity contribution >= 4 is 11.3 Å². The van der Waals surface area contributed by atoms with E-state index in [2.05, 4.69) is 45.9 Å². The van der Waals surface area contributed by atoms with Crippen molar-refractivity contribution in [1.29, 1.82) is 0 Å². The number of pyridine rings is 1. The molecule has 0 N–H and O–H groups in total. The highest BCUT2D eigenvalue weighted by Gasteiger charge is 2.21. The highest BCUT2D eigenvalue weighted by molar-refractivity contribution is 7.11. The lowest BCUT2D eigenvalue weighted by Gasteiger charge is -2.27. The minimum Gasteiger partial charge on any atom is -0.298 e. The number of rotatable bonds is 5. The third kappa shape index (κ3) is 4.83. The van der Waals surface area contributed by atoms with Crippen LogP contribution in [0.25, 0.3) is 0 Å². The van der Waals surface area contributed by atoms with E-state index in [-0.39, 0.29) is 0 Å². The molecule has 0 amide bonds. The summed E-state index contributed by atoms with van der Waals surface area (Å²) in [5, 5.41) is 1.17. The normalized spacial score (nSPS) is 19.9. The summed E-state index contributed by atoms with van der Waals surface area (Å²) in [7, 11) is 2.24. The van der Waals surface area contributed by atoms with Gasteiger partial charge in [-0.15, -0.1) is 11.3 Å². The topological polar surface area (TPSA) is 32.3 Å². The Morgan fingerprint density at radius 3 is 2.91 bits per heavy atom. The molecule has 1 aliphatic heterocycles. The Balaban J connectivity index is 1.51. The Morgan fingerprint density at radius 2 is 2.17 bits per heavy atom. The van der Waals surface area contributed by atoms with Crippen LogP contribution in [-0.2, 0) is 13.1 Å².